The van der Waals surface area contributed by atoms with Gasteiger partial charge in [0.1, 0.15) is 18.2 Å². The van der Waals surface area contributed by atoms with Gasteiger partial charge < -0.3 is 14.8 Å². The number of amides is 2. The van der Waals surface area contributed by atoms with Crippen molar-refractivity contribution < 1.29 is 27.8 Å². The molecule has 34 heavy (non-hydrogen) atoms. The summed E-state index contributed by atoms with van der Waals surface area (Å²) in [6.07, 6.45) is 1.30. The van der Waals surface area contributed by atoms with Crippen LogP contribution >= 0.6 is 15.9 Å². The zero-order chi connectivity index (χ0) is 24.5. The van der Waals surface area contributed by atoms with Gasteiger partial charge >= 0.3 is 11.8 Å². The fourth-order valence-electron chi connectivity index (χ4n) is 2.75. The number of rotatable bonds is 8. The highest BCUT2D eigenvalue weighted by atomic mass is 79.9. The van der Waals surface area contributed by atoms with Crippen LogP contribution in [0.5, 0.6) is 11.5 Å². The zero-order valence-corrected chi connectivity index (χ0v) is 19.6. The van der Waals surface area contributed by atoms with Crippen molar-refractivity contribution in [2.24, 2.45) is 5.10 Å². The van der Waals surface area contributed by atoms with Gasteiger partial charge in [0.25, 0.3) is 0 Å². The summed E-state index contributed by atoms with van der Waals surface area (Å²) in [7, 11) is 0. The molecular weight excluding hydrogens is 512 g/mol. The second-order valence-corrected chi connectivity index (χ2v) is 7.71. The number of halogens is 3. The van der Waals surface area contributed by atoms with E-state index in [1.54, 1.807) is 43.3 Å². The van der Waals surface area contributed by atoms with Gasteiger partial charge in [0, 0.05) is 10.0 Å². The average molecular weight is 532 g/mol. The number of hydrazone groups is 1. The van der Waals surface area contributed by atoms with Gasteiger partial charge in [-0.1, -0.05) is 34.1 Å². The van der Waals surface area contributed by atoms with Crippen molar-refractivity contribution in [3.05, 3.63) is 87.9 Å². The number of nitrogens with one attached hydrogen (secondary N) is 2. The van der Waals surface area contributed by atoms with E-state index in [4.69, 9.17) is 9.47 Å². The van der Waals surface area contributed by atoms with E-state index in [1.807, 2.05) is 0 Å². The molecule has 0 saturated carbocycles. The van der Waals surface area contributed by atoms with E-state index < -0.39 is 17.6 Å². The van der Waals surface area contributed by atoms with E-state index in [0.29, 0.717) is 33.7 Å². The Kier molecular flexibility index (Phi) is 8.69. The van der Waals surface area contributed by atoms with Crippen molar-refractivity contribution in [1.82, 2.24) is 5.43 Å². The molecule has 0 aliphatic rings. The Balaban J connectivity index is 1.61. The lowest BCUT2D eigenvalue weighted by Crippen LogP contribution is -2.32. The van der Waals surface area contributed by atoms with Gasteiger partial charge in [-0.05, 0) is 55.0 Å². The second kappa shape index (κ2) is 11.9. The van der Waals surface area contributed by atoms with Gasteiger partial charge in [0.05, 0.1) is 18.5 Å². The molecule has 3 aromatic carbocycles. The minimum Gasteiger partial charge on any atom is -0.490 e. The maximum Gasteiger partial charge on any atom is 0.329 e. The van der Waals surface area contributed by atoms with E-state index >= 15 is 0 Å². The molecule has 0 aromatic heterocycles. The molecule has 0 unspecified atom stereocenters. The molecule has 10 heteroatoms. The van der Waals surface area contributed by atoms with Gasteiger partial charge in [0.2, 0.25) is 0 Å². The molecule has 0 spiro atoms. The Hall–Kier alpha value is -3.79. The van der Waals surface area contributed by atoms with Crippen LogP contribution in [0, 0.1) is 11.6 Å². The first-order valence-corrected chi connectivity index (χ1v) is 10.9. The monoisotopic (exact) mass is 531 g/mol. The number of carbonyl (C=O) groups excluding carboxylic acids is 2. The number of hydrogen-bond donors (Lipinski definition) is 2. The van der Waals surface area contributed by atoms with E-state index in [0.717, 1.165) is 6.07 Å². The van der Waals surface area contributed by atoms with E-state index in [1.165, 1.54) is 24.4 Å². The Labute approximate surface area is 202 Å². The van der Waals surface area contributed by atoms with Crippen molar-refractivity contribution >= 4 is 39.6 Å². The number of hydrogen-bond acceptors (Lipinski definition) is 5. The van der Waals surface area contributed by atoms with Gasteiger partial charge in [-0.3, -0.25) is 9.59 Å². The summed E-state index contributed by atoms with van der Waals surface area (Å²) in [5.41, 5.74) is 2.88. The first kappa shape index (κ1) is 24.8. The van der Waals surface area contributed by atoms with Crippen LogP contribution in [0.25, 0.3) is 0 Å². The number of nitrogens with zero attached hydrogens (tertiary/aromatic N) is 1. The molecule has 3 aromatic rings. The van der Waals surface area contributed by atoms with E-state index in [9.17, 15) is 18.4 Å². The predicted octanol–water partition coefficient (Wildman–Crippen LogP) is 4.79. The molecule has 0 radical (unpaired) electrons. The topological polar surface area (TPSA) is 89.0 Å². The molecule has 2 N–H and O–H groups in total. The number of anilines is 1. The minimum atomic E-state index is -1.08. The van der Waals surface area contributed by atoms with Crippen molar-refractivity contribution in [3.63, 3.8) is 0 Å². The van der Waals surface area contributed by atoms with E-state index in [-0.39, 0.29) is 18.1 Å². The molecule has 3 rings (SSSR count). The molecular formula is C24H20BrF2N3O4. The van der Waals surface area contributed by atoms with Crippen LogP contribution in [-0.4, -0.2) is 24.6 Å². The molecule has 0 fully saturated rings. The van der Waals surface area contributed by atoms with Crippen LogP contribution in [-0.2, 0) is 16.2 Å². The number of ether oxygens (including phenoxy) is 2. The fourth-order valence-corrected chi connectivity index (χ4v) is 3.08. The zero-order valence-electron chi connectivity index (χ0n) is 18.0. The van der Waals surface area contributed by atoms with Gasteiger partial charge in [0.15, 0.2) is 11.5 Å². The van der Waals surface area contributed by atoms with Crippen LogP contribution in [0.1, 0.15) is 18.1 Å². The molecule has 0 aliphatic carbocycles. The summed E-state index contributed by atoms with van der Waals surface area (Å²) in [4.78, 5) is 23.9. The van der Waals surface area contributed by atoms with Crippen molar-refractivity contribution in [2.45, 2.75) is 13.5 Å². The standard InChI is InChI=1S/C24H20BrF2N3O4/c1-2-33-22-11-15(7-10-21(22)34-14-16-5-3-4-6-18(16)26)13-28-30-24(32)23(31)29-20-9-8-17(25)12-19(20)27/h3-13H,2,14H2,1H3,(H,29,31)(H,30,32)/b28-13+. The number of benzene rings is 3. The predicted molar refractivity (Wildman–Crippen MR) is 127 cm³/mol. The summed E-state index contributed by atoms with van der Waals surface area (Å²) >= 11 is 3.11. The summed E-state index contributed by atoms with van der Waals surface area (Å²) in [6, 6.07) is 15.2. The Morgan fingerprint density at radius 2 is 1.76 bits per heavy atom. The molecule has 0 atom stereocenters. The first-order valence-electron chi connectivity index (χ1n) is 10.1. The molecule has 0 saturated heterocycles. The molecule has 0 bridgehead atoms. The first-order chi connectivity index (χ1) is 16.4. The SMILES string of the molecule is CCOc1cc(/C=N/NC(=O)C(=O)Nc2ccc(Br)cc2F)ccc1OCc1ccccc1F. The summed E-state index contributed by atoms with van der Waals surface area (Å²) in [5.74, 6) is -2.41. The van der Waals surface area contributed by atoms with Crippen LogP contribution < -0.4 is 20.2 Å². The highest BCUT2D eigenvalue weighted by Gasteiger charge is 2.15. The van der Waals surface area contributed by atoms with Crippen LogP contribution in [0.4, 0.5) is 14.5 Å². The Morgan fingerprint density at radius 1 is 0.971 bits per heavy atom. The maximum absolute atomic E-state index is 13.8. The molecule has 0 heterocycles. The van der Waals surface area contributed by atoms with Gasteiger partial charge in [-0.2, -0.15) is 5.10 Å². The molecule has 176 valence electrons. The summed E-state index contributed by atoms with van der Waals surface area (Å²) < 4.78 is 39.4. The van der Waals surface area contributed by atoms with Crippen LogP contribution in [0.15, 0.2) is 70.2 Å². The average Bonchev–Trinajstić information content (AvgIpc) is 2.81. The number of carbonyl (C=O) groups is 2. The third kappa shape index (κ3) is 6.85. The van der Waals surface area contributed by atoms with Crippen LogP contribution in [0.2, 0.25) is 0 Å². The van der Waals surface area contributed by atoms with Gasteiger partial charge in [-0.15, -0.1) is 0 Å². The lowest BCUT2D eigenvalue weighted by atomic mass is 10.2. The fraction of sp³-hybridized carbons (Fsp3) is 0.125. The lowest BCUT2D eigenvalue weighted by Gasteiger charge is -2.13. The van der Waals surface area contributed by atoms with Crippen molar-refractivity contribution in [2.75, 3.05) is 11.9 Å². The van der Waals surface area contributed by atoms with E-state index in [2.05, 4.69) is 31.8 Å². The minimum absolute atomic E-state index is 0.0182. The molecule has 7 nitrogen and oxygen atoms in total. The lowest BCUT2D eigenvalue weighted by molar-refractivity contribution is -0.136. The second-order valence-electron chi connectivity index (χ2n) is 6.80. The van der Waals surface area contributed by atoms with Crippen molar-refractivity contribution in [3.8, 4) is 11.5 Å². The normalized spacial score (nSPS) is 10.7. The smallest absolute Gasteiger partial charge is 0.329 e. The molecule has 0 aliphatic heterocycles. The highest BCUT2D eigenvalue weighted by molar-refractivity contribution is 9.10. The quantitative estimate of drug-likeness (QED) is 0.248. The Morgan fingerprint density at radius 3 is 2.50 bits per heavy atom. The van der Waals surface area contributed by atoms with Crippen molar-refractivity contribution in [1.29, 1.82) is 0 Å². The Bertz CT molecular complexity index is 1220. The maximum atomic E-state index is 13.8. The largest absolute Gasteiger partial charge is 0.490 e. The van der Waals surface area contributed by atoms with Crippen LogP contribution in [0.3, 0.4) is 0 Å². The third-order valence-electron chi connectivity index (χ3n) is 4.37. The third-order valence-corrected chi connectivity index (χ3v) is 4.87. The van der Waals surface area contributed by atoms with Gasteiger partial charge in [-0.25, -0.2) is 14.2 Å². The highest BCUT2D eigenvalue weighted by Crippen LogP contribution is 2.29. The summed E-state index contributed by atoms with van der Waals surface area (Å²) in [6.45, 7) is 2.18. The summed E-state index contributed by atoms with van der Waals surface area (Å²) in [5, 5.41) is 5.91. The molecule has 2 amide bonds.